The van der Waals surface area contributed by atoms with Crippen LogP contribution in [0.2, 0.25) is 0 Å². The zero-order valence-corrected chi connectivity index (χ0v) is 13.3. The maximum absolute atomic E-state index is 12.4. The summed E-state index contributed by atoms with van der Waals surface area (Å²) in [4.78, 5) is 12.4. The number of ether oxygens (including phenoxy) is 1. The summed E-state index contributed by atoms with van der Waals surface area (Å²) < 4.78 is 5.36. The van der Waals surface area contributed by atoms with E-state index in [1.54, 1.807) is 0 Å². The second kappa shape index (κ2) is 6.74. The van der Waals surface area contributed by atoms with E-state index in [0.717, 1.165) is 38.6 Å². The third-order valence-corrected chi connectivity index (χ3v) is 5.48. The van der Waals surface area contributed by atoms with Gasteiger partial charge in [-0.3, -0.25) is 4.79 Å². The first kappa shape index (κ1) is 16.5. The molecule has 0 aromatic heterocycles. The molecule has 1 unspecified atom stereocenters. The smallest absolute Gasteiger partial charge is 0.309 e. The van der Waals surface area contributed by atoms with Crippen molar-refractivity contribution in [2.75, 3.05) is 13.2 Å². The Morgan fingerprint density at radius 1 is 1.11 bits per heavy atom. The first-order valence-corrected chi connectivity index (χ1v) is 7.94. The van der Waals surface area contributed by atoms with Gasteiger partial charge in [-0.05, 0) is 44.4 Å². The number of carbonyl (C=O) groups is 1. The van der Waals surface area contributed by atoms with Crippen molar-refractivity contribution in [2.45, 2.75) is 72.3 Å². The summed E-state index contributed by atoms with van der Waals surface area (Å²) in [5.74, 6) is 0.0579. The molecule has 0 aliphatic carbocycles. The Morgan fingerprint density at radius 3 is 2.11 bits per heavy atom. The Hall–Kier alpha value is -0.570. The highest BCUT2D eigenvalue weighted by atomic mass is 16.5. The number of esters is 1. The molecule has 112 valence electrons. The SMILES string of the molecule is CCOC(=O)C1CC(CC)(CC)NCC1(CC)CC. The second-order valence-corrected chi connectivity index (χ2v) is 5.92. The van der Waals surface area contributed by atoms with E-state index in [4.69, 9.17) is 4.74 Å². The van der Waals surface area contributed by atoms with E-state index in [0.29, 0.717) is 6.61 Å². The Kier molecular flexibility index (Phi) is 5.84. The van der Waals surface area contributed by atoms with Gasteiger partial charge in [-0.25, -0.2) is 0 Å². The van der Waals surface area contributed by atoms with Crippen LogP contribution in [0.15, 0.2) is 0 Å². The van der Waals surface area contributed by atoms with E-state index in [-0.39, 0.29) is 22.8 Å². The first-order chi connectivity index (χ1) is 9.03. The molecule has 1 heterocycles. The van der Waals surface area contributed by atoms with Gasteiger partial charge in [0.1, 0.15) is 0 Å². The molecule has 1 atom stereocenters. The highest BCUT2D eigenvalue weighted by Crippen LogP contribution is 2.45. The molecule has 0 spiro atoms. The molecule has 1 N–H and O–H groups in total. The molecular formula is C16H31NO2. The van der Waals surface area contributed by atoms with E-state index in [2.05, 4.69) is 33.0 Å². The van der Waals surface area contributed by atoms with Crippen LogP contribution in [0.1, 0.15) is 66.7 Å². The summed E-state index contributed by atoms with van der Waals surface area (Å²) in [6.45, 7) is 12.1. The van der Waals surface area contributed by atoms with Crippen molar-refractivity contribution in [1.82, 2.24) is 5.32 Å². The standard InChI is InChI=1S/C16H31NO2/c1-6-15(7-2)12-17-16(8-3,9-4)11-13(15)14(18)19-10-5/h13,17H,6-12H2,1-5H3. The second-order valence-electron chi connectivity index (χ2n) is 5.92. The van der Waals surface area contributed by atoms with Crippen LogP contribution in [0.3, 0.4) is 0 Å². The van der Waals surface area contributed by atoms with Gasteiger partial charge in [-0.15, -0.1) is 0 Å². The summed E-state index contributed by atoms with van der Waals surface area (Å²) in [5, 5.41) is 3.74. The fourth-order valence-corrected chi connectivity index (χ4v) is 3.52. The number of nitrogens with one attached hydrogen (secondary N) is 1. The van der Waals surface area contributed by atoms with Gasteiger partial charge in [0.15, 0.2) is 0 Å². The number of hydrogen-bond acceptors (Lipinski definition) is 3. The zero-order valence-electron chi connectivity index (χ0n) is 13.3. The fourth-order valence-electron chi connectivity index (χ4n) is 3.52. The Morgan fingerprint density at radius 2 is 1.68 bits per heavy atom. The molecule has 19 heavy (non-hydrogen) atoms. The zero-order chi connectivity index (χ0) is 14.5. The van der Waals surface area contributed by atoms with Crippen LogP contribution in [0, 0.1) is 11.3 Å². The third-order valence-electron chi connectivity index (χ3n) is 5.48. The summed E-state index contributed by atoms with van der Waals surface area (Å²) in [6, 6.07) is 0. The molecule has 0 aromatic carbocycles. The van der Waals surface area contributed by atoms with Crippen molar-refractivity contribution >= 4 is 5.97 Å². The molecule has 0 radical (unpaired) electrons. The summed E-state index contributed by atoms with van der Waals surface area (Å²) in [5.41, 5.74) is 0.186. The number of hydrogen-bond donors (Lipinski definition) is 1. The highest BCUT2D eigenvalue weighted by Gasteiger charge is 2.49. The number of carbonyl (C=O) groups excluding carboxylic acids is 1. The van der Waals surface area contributed by atoms with E-state index < -0.39 is 0 Å². The van der Waals surface area contributed by atoms with Crippen LogP contribution in [-0.4, -0.2) is 24.7 Å². The Balaban J connectivity index is 3.01. The molecule has 0 saturated carbocycles. The molecule has 3 nitrogen and oxygen atoms in total. The lowest BCUT2D eigenvalue weighted by molar-refractivity contribution is -0.157. The molecule has 0 bridgehead atoms. The maximum Gasteiger partial charge on any atom is 0.309 e. The molecule has 3 heteroatoms. The molecule has 1 aliphatic rings. The molecule has 0 amide bonds. The van der Waals surface area contributed by atoms with Gasteiger partial charge in [-0.1, -0.05) is 27.7 Å². The normalized spacial score (nSPS) is 25.0. The van der Waals surface area contributed by atoms with E-state index in [1.165, 1.54) is 0 Å². The van der Waals surface area contributed by atoms with Gasteiger partial charge < -0.3 is 10.1 Å². The third kappa shape index (κ3) is 3.13. The topological polar surface area (TPSA) is 38.3 Å². The monoisotopic (exact) mass is 269 g/mol. The van der Waals surface area contributed by atoms with Crippen molar-refractivity contribution in [2.24, 2.45) is 11.3 Å². The quantitative estimate of drug-likeness (QED) is 0.750. The lowest BCUT2D eigenvalue weighted by atomic mass is 9.62. The van der Waals surface area contributed by atoms with Gasteiger partial charge in [0.25, 0.3) is 0 Å². The molecule has 1 fully saturated rings. The minimum atomic E-state index is 0.0129. The van der Waals surface area contributed by atoms with Gasteiger partial charge in [0.05, 0.1) is 12.5 Å². The Labute approximate surface area is 118 Å². The van der Waals surface area contributed by atoms with Crippen molar-refractivity contribution in [3.8, 4) is 0 Å². The maximum atomic E-state index is 12.4. The first-order valence-electron chi connectivity index (χ1n) is 7.94. The lowest BCUT2D eigenvalue weighted by Crippen LogP contribution is -2.60. The minimum Gasteiger partial charge on any atom is -0.466 e. The van der Waals surface area contributed by atoms with Gasteiger partial charge in [-0.2, -0.15) is 0 Å². The van der Waals surface area contributed by atoms with Crippen molar-refractivity contribution in [3.63, 3.8) is 0 Å². The number of rotatable bonds is 6. The highest BCUT2D eigenvalue weighted by molar-refractivity contribution is 5.74. The van der Waals surface area contributed by atoms with Crippen molar-refractivity contribution in [3.05, 3.63) is 0 Å². The summed E-state index contributed by atoms with van der Waals surface area (Å²) in [6.07, 6.45) is 5.12. The van der Waals surface area contributed by atoms with E-state index in [9.17, 15) is 4.79 Å². The van der Waals surface area contributed by atoms with Crippen LogP contribution in [0.25, 0.3) is 0 Å². The summed E-state index contributed by atoms with van der Waals surface area (Å²) in [7, 11) is 0. The largest absolute Gasteiger partial charge is 0.466 e. The minimum absolute atomic E-state index is 0.0129. The van der Waals surface area contributed by atoms with Crippen LogP contribution in [0.4, 0.5) is 0 Å². The summed E-state index contributed by atoms with van der Waals surface area (Å²) >= 11 is 0. The predicted octanol–water partition coefficient (Wildman–Crippen LogP) is 3.52. The molecule has 0 aromatic rings. The van der Waals surface area contributed by atoms with Gasteiger partial charge in [0, 0.05) is 12.1 Å². The molecule has 1 rings (SSSR count). The van der Waals surface area contributed by atoms with E-state index in [1.807, 2.05) is 6.92 Å². The van der Waals surface area contributed by atoms with Crippen LogP contribution < -0.4 is 5.32 Å². The number of piperidine rings is 1. The predicted molar refractivity (Wildman–Crippen MR) is 79.1 cm³/mol. The lowest BCUT2D eigenvalue weighted by Gasteiger charge is -2.50. The van der Waals surface area contributed by atoms with Crippen LogP contribution >= 0.6 is 0 Å². The molecular weight excluding hydrogens is 238 g/mol. The molecule has 1 aliphatic heterocycles. The van der Waals surface area contributed by atoms with Crippen LogP contribution in [0.5, 0.6) is 0 Å². The van der Waals surface area contributed by atoms with Gasteiger partial charge >= 0.3 is 5.97 Å². The fraction of sp³-hybridized carbons (Fsp3) is 0.938. The Bertz CT molecular complexity index is 293. The average Bonchev–Trinajstić information content (AvgIpc) is 2.47. The van der Waals surface area contributed by atoms with Crippen molar-refractivity contribution < 1.29 is 9.53 Å². The molecule has 1 saturated heterocycles. The van der Waals surface area contributed by atoms with Crippen molar-refractivity contribution in [1.29, 1.82) is 0 Å². The van der Waals surface area contributed by atoms with Crippen LogP contribution in [-0.2, 0) is 9.53 Å². The van der Waals surface area contributed by atoms with E-state index >= 15 is 0 Å². The van der Waals surface area contributed by atoms with Gasteiger partial charge in [0.2, 0.25) is 0 Å². The average molecular weight is 269 g/mol.